The van der Waals surface area contributed by atoms with Crippen molar-refractivity contribution >= 4 is 57.7 Å². The van der Waals surface area contributed by atoms with Gasteiger partial charge in [-0.05, 0) is 74.1 Å². The third-order valence-electron chi connectivity index (χ3n) is 8.89. The second-order valence-corrected chi connectivity index (χ2v) is 11.3. The SMILES string of the molecule is C=Cc1c(C)c2cc3nc(c(CC(=O)O)c4nc(cc5[nH]c(cc1[nH]2)c(C)c5CC)C(C)=C4C(=O)O)C(CCOC=O)C3C. The van der Waals surface area contributed by atoms with E-state index in [2.05, 4.69) is 23.5 Å². The minimum absolute atomic E-state index is 0.0549. The van der Waals surface area contributed by atoms with E-state index < -0.39 is 18.4 Å². The van der Waals surface area contributed by atoms with E-state index in [4.69, 9.17) is 14.7 Å². The first-order valence-electron chi connectivity index (χ1n) is 14.6. The van der Waals surface area contributed by atoms with Crippen LogP contribution >= 0.6 is 0 Å². The molecule has 2 aliphatic heterocycles. The summed E-state index contributed by atoms with van der Waals surface area (Å²) < 4.78 is 5.03. The Kier molecular flexibility index (Phi) is 8.27. The molecule has 8 bridgehead atoms. The van der Waals surface area contributed by atoms with E-state index in [9.17, 15) is 24.6 Å². The van der Waals surface area contributed by atoms with Gasteiger partial charge < -0.3 is 24.9 Å². The molecule has 2 atom stereocenters. The summed E-state index contributed by atoms with van der Waals surface area (Å²) in [5.74, 6) is -2.89. The standard InChI is InChI=1S/C34H36N4O6/c1-7-20-16(3)24-12-26-18(5)22(9-10-44-15-39)32(37-26)23(11-30(40)41)33-31(34(42)43)19(6)27(38-33)14-29-21(8-2)17(4)25(36-29)13-28(20)35-24/h7,12-15,18,22,35-36H,1,8-11H2,2-6H3,(H,40,41)(H,42,43). The number of carbonyl (C=O) groups excluding carboxylic acids is 1. The van der Waals surface area contributed by atoms with Gasteiger partial charge >= 0.3 is 11.9 Å². The molecule has 5 rings (SSSR count). The Morgan fingerprint density at radius 3 is 2.34 bits per heavy atom. The lowest BCUT2D eigenvalue weighted by Crippen LogP contribution is -2.13. The van der Waals surface area contributed by atoms with Crippen LogP contribution in [0.3, 0.4) is 0 Å². The van der Waals surface area contributed by atoms with E-state index in [1.165, 1.54) is 0 Å². The van der Waals surface area contributed by atoms with Crippen molar-refractivity contribution in [2.24, 2.45) is 0 Å². The van der Waals surface area contributed by atoms with Crippen LogP contribution in [0.5, 0.6) is 0 Å². The third kappa shape index (κ3) is 5.21. The normalized spacial score (nSPS) is 16.2. The molecule has 2 aliphatic rings. The lowest BCUT2D eigenvalue weighted by atomic mass is 9.85. The Morgan fingerprint density at radius 2 is 1.70 bits per heavy atom. The zero-order valence-corrected chi connectivity index (χ0v) is 25.5. The summed E-state index contributed by atoms with van der Waals surface area (Å²) in [6, 6.07) is 5.83. The molecule has 44 heavy (non-hydrogen) atoms. The smallest absolute Gasteiger partial charge is 0.338 e. The van der Waals surface area contributed by atoms with Crippen LogP contribution in [0.4, 0.5) is 0 Å². The molecule has 3 aromatic heterocycles. The molecule has 0 fully saturated rings. The first-order chi connectivity index (χ1) is 21.0. The van der Waals surface area contributed by atoms with Crippen molar-refractivity contribution in [1.82, 2.24) is 19.9 Å². The van der Waals surface area contributed by atoms with Gasteiger partial charge in [0, 0.05) is 50.7 Å². The van der Waals surface area contributed by atoms with E-state index >= 15 is 0 Å². The van der Waals surface area contributed by atoms with Gasteiger partial charge in [0.05, 0.1) is 35.7 Å². The highest BCUT2D eigenvalue weighted by molar-refractivity contribution is 6.24. The van der Waals surface area contributed by atoms with Crippen LogP contribution in [0.15, 0.2) is 24.8 Å². The van der Waals surface area contributed by atoms with Crippen molar-refractivity contribution in [3.8, 4) is 0 Å². The number of rotatable bonds is 9. The molecule has 0 aromatic carbocycles. The first-order valence-corrected chi connectivity index (χ1v) is 14.6. The summed E-state index contributed by atoms with van der Waals surface area (Å²) in [7, 11) is 0. The number of fused-ring (bicyclic) bond motifs is 8. The number of hydrogen-bond acceptors (Lipinski definition) is 6. The zero-order chi connectivity index (χ0) is 31.9. The summed E-state index contributed by atoms with van der Waals surface area (Å²) in [5, 5.41) is 20.4. The van der Waals surface area contributed by atoms with Crippen molar-refractivity contribution in [3.05, 3.63) is 75.4 Å². The number of aromatic amines is 2. The molecule has 0 spiro atoms. The van der Waals surface area contributed by atoms with Gasteiger partial charge in [0.1, 0.15) is 0 Å². The van der Waals surface area contributed by atoms with E-state index in [-0.39, 0.29) is 35.3 Å². The lowest BCUT2D eigenvalue weighted by molar-refractivity contribution is -0.136. The predicted molar refractivity (Wildman–Crippen MR) is 169 cm³/mol. The van der Waals surface area contributed by atoms with Crippen molar-refractivity contribution in [2.45, 2.75) is 65.7 Å². The average Bonchev–Trinajstić information content (AvgIpc) is 3.65. The molecule has 228 valence electrons. The van der Waals surface area contributed by atoms with E-state index in [0.717, 1.165) is 50.7 Å². The molecule has 2 unspecified atom stereocenters. The monoisotopic (exact) mass is 596 g/mol. The zero-order valence-electron chi connectivity index (χ0n) is 25.5. The highest BCUT2D eigenvalue weighted by Gasteiger charge is 2.35. The van der Waals surface area contributed by atoms with Crippen molar-refractivity contribution in [3.63, 3.8) is 0 Å². The van der Waals surface area contributed by atoms with Gasteiger partial charge in [-0.3, -0.25) is 14.6 Å². The topological polar surface area (TPSA) is 158 Å². The highest BCUT2D eigenvalue weighted by atomic mass is 16.5. The fraction of sp³-hybridized carbons (Fsp3) is 0.324. The van der Waals surface area contributed by atoms with E-state index in [1.807, 2.05) is 45.0 Å². The van der Waals surface area contributed by atoms with Crippen LogP contribution in [0.1, 0.15) is 89.6 Å². The fourth-order valence-electron chi connectivity index (χ4n) is 6.49. The van der Waals surface area contributed by atoms with Gasteiger partial charge in [0.15, 0.2) is 0 Å². The van der Waals surface area contributed by atoms with Crippen molar-refractivity contribution in [2.75, 3.05) is 6.61 Å². The van der Waals surface area contributed by atoms with E-state index in [0.29, 0.717) is 35.5 Å². The number of carboxylic acids is 2. The van der Waals surface area contributed by atoms with Crippen LogP contribution in [-0.4, -0.2) is 55.2 Å². The summed E-state index contributed by atoms with van der Waals surface area (Å²) in [5.41, 5.74) is 9.71. The fourth-order valence-corrected chi connectivity index (χ4v) is 6.49. The highest BCUT2D eigenvalue weighted by Crippen LogP contribution is 2.43. The maximum atomic E-state index is 12.7. The van der Waals surface area contributed by atoms with Gasteiger partial charge in [-0.2, -0.15) is 0 Å². The van der Waals surface area contributed by atoms with Gasteiger partial charge in [0.2, 0.25) is 0 Å². The number of carboxylic acid groups (broad SMARTS) is 2. The number of H-pyrrole nitrogens is 2. The minimum atomic E-state index is -1.20. The number of aromatic nitrogens is 4. The third-order valence-corrected chi connectivity index (χ3v) is 8.89. The number of nitrogens with zero attached hydrogens (tertiary/aromatic N) is 2. The largest absolute Gasteiger partial charge is 0.481 e. The molecule has 3 aromatic rings. The van der Waals surface area contributed by atoms with Gasteiger partial charge in [-0.15, -0.1) is 0 Å². The Hall–Kier alpha value is -4.99. The Balaban J connectivity index is 2.02. The van der Waals surface area contributed by atoms with Crippen LogP contribution in [0, 0.1) is 13.8 Å². The quantitative estimate of drug-likeness (QED) is 0.167. The molecular weight excluding hydrogens is 560 g/mol. The average molecular weight is 597 g/mol. The molecule has 10 nitrogen and oxygen atoms in total. The van der Waals surface area contributed by atoms with Gasteiger partial charge in [-0.1, -0.05) is 26.5 Å². The van der Waals surface area contributed by atoms with Crippen LogP contribution in [0.25, 0.3) is 39.3 Å². The molecule has 0 saturated heterocycles. The van der Waals surface area contributed by atoms with E-state index in [1.54, 1.807) is 6.92 Å². The van der Waals surface area contributed by atoms with Crippen LogP contribution < -0.4 is 0 Å². The number of hydrogen-bond donors (Lipinski definition) is 4. The maximum absolute atomic E-state index is 12.7. The number of aliphatic carboxylic acids is 2. The second kappa shape index (κ2) is 11.9. The molecule has 4 N–H and O–H groups in total. The molecule has 10 heteroatoms. The van der Waals surface area contributed by atoms with Crippen molar-refractivity contribution in [1.29, 1.82) is 0 Å². The molecule has 0 aliphatic carbocycles. The van der Waals surface area contributed by atoms with Crippen molar-refractivity contribution < 1.29 is 29.3 Å². The second-order valence-electron chi connectivity index (χ2n) is 11.3. The summed E-state index contributed by atoms with van der Waals surface area (Å²) in [6.07, 6.45) is 2.43. The molecule has 0 amide bonds. The van der Waals surface area contributed by atoms with Gasteiger partial charge in [-0.25, -0.2) is 9.78 Å². The number of nitrogens with one attached hydrogen (secondary N) is 2. The molecule has 0 saturated carbocycles. The Bertz CT molecular complexity index is 1910. The molecule has 5 heterocycles. The Labute approximate surface area is 254 Å². The van der Waals surface area contributed by atoms with Crippen LogP contribution in [0.2, 0.25) is 0 Å². The van der Waals surface area contributed by atoms with Crippen LogP contribution in [-0.2, 0) is 32.0 Å². The number of carbonyl (C=O) groups is 3. The molecular formula is C34H36N4O6. The lowest BCUT2D eigenvalue weighted by Gasteiger charge is -2.17. The minimum Gasteiger partial charge on any atom is -0.481 e. The maximum Gasteiger partial charge on any atom is 0.338 e. The molecule has 0 radical (unpaired) electrons. The summed E-state index contributed by atoms with van der Waals surface area (Å²) in [4.78, 5) is 52.7. The number of aryl methyl sites for hydroxylation is 3. The Morgan fingerprint density at radius 1 is 1.00 bits per heavy atom. The summed E-state index contributed by atoms with van der Waals surface area (Å²) >= 11 is 0. The van der Waals surface area contributed by atoms with Gasteiger partial charge in [0.25, 0.3) is 6.47 Å². The number of allylic oxidation sites excluding steroid dienone is 1. The summed E-state index contributed by atoms with van der Waals surface area (Å²) in [6.45, 7) is 14.3. The number of ether oxygens (including phenoxy) is 1. The first kappa shape index (κ1) is 30.5. The predicted octanol–water partition coefficient (Wildman–Crippen LogP) is 6.23.